The Morgan fingerprint density at radius 2 is 2.09 bits per heavy atom. The van der Waals surface area contributed by atoms with E-state index in [1.165, 1.54) is 0 Å². The van der Waals surface area contributed by atoms with E-state index in [-0.39, 0.29) is 10.6 Å². The molecule has 0 saturated carbocycles. The number of halogens is 2. The van der Waals surface area contributed by atoms with Gasteiger partial charge in [0.1, 0.15) is 4.49 Å². The first kappa shape index (κ1) is 10.8. The van der Waals surface area contributed by atoms with Crippen LogP contribution >= 0.6 is 23.2 Å². The van der Waals surface area contributed by atoms with E-state index in [4.69, 9.17) is 27.9 Å². The summed E-state index contributed by atoms with van der Waals surface area (Å²) in [6.45, 7) is 7.50. The van der Waals surface area contributed by atoms with Crippen LogP contribution in [0.2, 0.25) is 0 Å². The maximum absolute atomic E-state index is 5.40. The van der Waals surface area contributed by atoms with Crippen LogP contribution in [0.25, 0.3) is 0 Å². The molecule has 0 aromatic carbocycles. The van der Waals surface area contributed by atoms with Gasteiger partial charge in [-0.25, -0.2) is 0 Å². The fraction of sp³-hybridized carbons (Fsp3) is 0.250. The van der Waals surface area contributed by atoms with Crippen LogP contribution in [0, 0.1) is 0 Å². The Kier molecular flexibility index (Phi) is 6.33. The van der Waals surface area contributed by atoms with Gasteiger partial charge in [-0.1, -0.05) is 35.4 Å². The van der Waals surface area contributed by atoms with E-state index in [1.54, 1.807) is 18.2 Å². The van der Waals surface area contributed by atoms with Crippen molar-refractivity contribution in [2.45, 2.75) is 6.10 Å². The molecule has 1 atom stereocenters. The Morgan fingerprint density at radius 3 is 2.45 bits per heavy atom. The molecule has 0 aliphatic carbocycles. The number of rotatable bonds is 5. The molecule has 0 bridgehead atoms. The summed E-state index contributed by atoms with van der Waals surface area (Å²) in [5, 5.41) is 0. The normalized spacial score (nSPS) is 11.8. The fourth-order valence-corrected chi connectivity index (χ4v) is 0.736. The van der Waals surface area contributed by atoms with Crippen LogP contribution < -0.4 is 0 Å². The molecule has 0 heterocycles. The molecule has 0 fully saturated rings. The molecule has 0 aliphatic heterocycles. The minimum Gasteiger partial charge on any atom is -0.366 e. The summed E-state index contributed by atoms with van der Waals surface area (Å²) in [7, 11) is 0. The van der Waals surface area contributed by atoms with Crippen LogP contribution in [-0.2, 0) is 4.74 Å². The maximum Gasteiger partial charge on any atom is 0.105 e. The van der Waals surface area contributed by atoms with Gasteiger partial charge >= 0.3 is 0 Å². The van der Waals surface area contributed by atoms with Gasteiger partial charge in [0.15, 0.2) is 0 Å². The summed E-state index contributed by atoms with van der Waals surface area (Å²) in [4.78, 5) is 0. The maximum atomic E-state index is 5.40. The van der Waals surface area contributed by atoms with Gasteiger partial charge in [-0.3, -0.25) is 0 Å². The van der Waals surface area contributed by atoms with Crippen molar-refractivity contribution in [2.75, 3.05) is 6.61 Å². The first-order valence-corrected chi connectivity index (χ1v) is 3.84. The highest BCUT2D eigenvalue weighted by molar-refractivity contribution is 6.55. The highest BCUT2D eigenvalue weighted by Gasteiger charge is 1.98. The lowest BCUT2D eigenvalue weighted by atomic mass is 10.3. The van der Waals surface area contributed by atoms with E-state index in [2.05, 4.69) is 13.2 Å². The first-order chi connectivity index (χ1) is 5.20. The smallest absolute Gasteiger partial charge is 0.105 e. The molecular weight excluding hydrogens is 183 g/mol. The van der Waals surface area contributed by atoms with Gasteiger partial charge in [-0.15, -0.1) is 13.2 Å². The zero-order chi connectivity index (χ0) is 8.69. The molecule has 0 aromatic rings. The largest absolute Gasteiger partial charge is 0.366 e. The number of hydrogen-bond acceptors (Lipinski definition) is 1. The third-order valence-electron chi connectivity index (χ3n) is 0.929. The van der Waals surface area contributed by atoms with Crippen molar-refractivity contribution < 1.29 is 4.74 Å². The molecular formula is C8H10Cl2O. The van der Waals surface area contributed by atoms with Crippen LogP contribution in [-0.4, -0.2) is 12.7 Å². The molecule has 0 rings (SSSR count). The average molecular weight is 193 g/mol. The standard InChI is InChI=1S/C8H10Cl2O/c1-3-5-11-7(4-2)6-8(9)10/h3-4,6-7H,1-2,5H2. The van der Waals surface area contributed by atoms with E-state index in [0.29, 0.717) is 6.61 Å². The van der Waals surface area contributed by atoms with Gasteiger partial charge in [0.2, 0.25) is 0 Å². The Balaban J connectivity index is 3.85. The van der Waals surface area contributed by atoms with Gasteiger partial charge in [0, 0.05) is 0 Å². The minimum atomic E-state index is -0.238. The van der Waals surface area contributed by atoms with E-state index in [9.17, 15) is 0 Å². The Bertz CT molecular complexity index is 159. The van der Waals surface area contributed by atoms with Gasteiger partial charge < -0.3 is 4.74 Å². The molecule has 1 nitrogen and oxygen atoms in total. The third kappa shape index (κ3) is 6.17. The summed E-state index contributed by atoms with van der Waals surface area (Å²) in [6, 6.07) is 0. The summed E-state index contributed by atoms with van der Waals surface area (Å²) in [6.07, 6.45) is 4.57. The van der Waals surface area contributed by atoms with E-state index in [0.717, 1.165) is 0 Å². The van der Waals surface area contributed by atoms with Crippen molar-refractivity contribution >= 4 is 23.2 Å². The van der Waals surface area contributed by atoms with Gasteiger partial charge in [-0.2, -0.15) is 0 Å². The molecule has 0 radical (unpaired) electrons. The highest BCUT2D eigenvalue weighted by Crippen LogP contribution is 2.09. The van der Waals surface area contributed by atoms with Crippen LogP contribution in [0.3, 0.4) is 0 Å². The van der Waals surface area contributed by atoms with E-state index in [1.807, 2.05) is 0 Å². The average Bonchev–Trinajstić information content (AvgIpc) is 1.97. The first-order valence-electron chi connectivity index (χ1n) is 3.08. The van der Waals surface area contributed by atoms with Crippen molar-refractivity contribution in [3.05, 3.63) is 35.9 Å². The molecule has 0 saturated heterocycles. The van der Waals surface area contributed by atoms with Crippen LogP contribution in [0.4, 0.5) is 0 Å². The topological polar surface area (TPSA) is 9.23 Å². The second-order valence-corrected chi connectivity index (χ2v) is 2.79. The number of ether oxygens (including phenoxy) is 1. The van der Waals surface area contributed by atoms with Crippen molar-refractivity contribution in [3.8, 4) is 0 Å². The predicted molar refractivity (Wildman–Crippen MR) is 49.9 cm³/mol. The molecule has 0 spiro atoms. The number of hydrogen-bond donors (Lipinski definition) is 0. The summed E-state index contributed by atoms with van der Waals surface area (Å²) >= 11 is 10.8. The molecule has 62 valence electrons. The Morgan fingerprint density at radius 1 is 1.45 bits per heavy atom. The summed E-state index contributed by atoms with van der Waals surface area (Å²) in [5.74, 6) is 0. The lowest BCUT2D eigenvalue weighted by Gasteiger charge is -2.06. The lowest BCUT2D eigenvalue weighted by molar-refractivity contribution is 0.143. The monoisotopic (exact) mass is 192 g/mol. The second kappa shape index (κ2) is 6.47. The summed E-state index contributed by atoms with van der Waals surface area (Å²) < 4.78 is 5.35. The zero-order valence-corrected chi connectivity index (χ0v) is 7.61. The van der Waals surface area contributed by atoms with Gasteiger partial charge in [-0.05, 0) is 6.08 Å². The molecule has 0 aliphatic rings. The van der Waals surface area contributed by atoms with E-state index < -0.39 is 0 Å². The molecule has 11 heavy (non-hydrogen) atoms. The molecule has 1 unspecified atom stereocenters. The SMILES string of the molecule is C=CCOC(C=C)C=C(Cl)Cl. The van der Waals surface area contributed by atoms with Crippen LogP contribution in [0.1, 0.15) is 0 Å². The Hall–Kier alpha value is -0.240. The minimum absolute atomic E-state index is 0.180. The highest BCUT2D eigenvalue weighted by atomic mass is 35.5. The van der Waals surface area contributed by atoms with E-state index >= 15 is 0 Å². The third-order valence-corrected chi connectivity index (χ3v) is 1.18. The molecule has 0 aromatic heterocycles. The second-order valence-electron chi connectivity index (χ2n) is 1.78. The fourth-order valence-electron chi connectivity index (χ4n) is 0.488. The summed E-state index contributed by atoms with van der Waals surface area (Å²) in [5.41, 5.74) is 0. The van der Waals surface area contributed by atoms with Crippen molar-refractivity contribution in [2.24, 2.45) is 0 Å². The molecule has 0 N–H and O–H groups in total. The van der Waals surface area contributed by atoms with Crippen LogP contribution in [0.5, 0.6) is 0 Å². The van der Waals surface area contributed by atoms with Crippen molar-refractivity contribution in [1.82, 2.24) is 0 Å². The predicted octanol–water partition coefficient (Wildman–Crippen LogP) is 3.06. The van der Waals surface area contributed by atoms with Gasteiger partial charge in [0.05, 0.1) is 12.7 Å². The lowest BCUT2D eigenvalue weighted by Crippen LogP contribution is -2.05. The van der Waals surface area contributed by atoms with Crippen molar-refractivity contribution in [1.29, 1.82) is 0 Å². The van der Waals surface area contributed by atoms with Gasteiger partial charge in [0.25, 0.3) is 0 Å². The van der Waals surface area contributed by atoms with Crippen LogP contribution in [0.15, 0.2) is 35.9 Å². The van der Waals surface area contributed by atoms with Crippen molar-refractivity contribution in [3.63, 3.8) is 0 Å². The molecule has 3 heteroatoms. The Labute approximate surface area is 76.9 Å². The zero-order valence-electron chi connectivity index (χ0n) is 6.09. The quantitative estimate of drug-likeness (QED) is 0.609. The molecule has 0 amide bonds.